The quantitative estimate of drug-likeness (QED) is 0.731. The molecular formula is C17H18FN3O2. The van der Waals surface area contributed by atoms with E-state index in [0.717, 1.165) is 18.4 Å². The highest BCUT2D eigenvalue weighted by Gasteiger charge is 2.18. The van der Waals surface area contributed by atoms with Gasteiger partial charge in [0.15, 0.2) is 12.1 Å². The largest absolute Gasteiger partial charge is 0.497 e. The smallest absolute Gasteiger partial charge is 0.152 e. The maximum absolute atomic E-state index is 14.2. The number of hydrogen-bond donors (Lipinski definition) is 1. The third-order valence-corrected chi connectivity index (χ3v) is 3.70. The van der Waals surface area contributed by atoms with E-state index < -0.39 is 5.82 Å². The van der Waals surface area contributed by atoms with Crippen molar-refractivity contribution < 1.29 is 13.9 Å². The summed E-state index contributed by atoms with van der Waals surface area (Å²) in [7, 11) is 1.46. The van der Waals surface area contributed by atoms with Gasteiger partial charge in [0.2, 0.25) is 0 Å². The Morgan fingerprint density at radius 2 is 2.22 bits per heavy atom. The average Bonchev–Trinajstić information content (AvgIpc) is 3.10. The van der Waals surface area contributed by atoms with Crippen LogP contribution < -0.4 is 4.74 Å². The third-order valence-electron chi connectivity index (χ3n) is 3.70. The minimum Gasteiger partial charge on any atom is -0.497 e. The molecule has 120 valence electrons. The molecule has 0 atom stereocenters. The lowest BCUT2D eigenvalue weighted by atomic mass is 10.1. The first kappa shape index (κ1) is 15.3. The lowest BCUT2D eigenvalue weighted by Crippen LogP contribution is -2.04. The van der Waals surface area contributed by atoms with Gasteiger partial charge in [-0.15, -0.1) is 0 Å². The van der Waals surface area contributed by atoms with Gasteiger partial charge in [-0.2, -0.15) is 5.10 Å². The highest BCUT2D eigenvalue weighted by molar-refractivity contribution is 6.04. The number of H-pyrrole nitrogens is 1. The SMILES string of the molecule is COc1cc(F)c2[nH]c(-c3cnn(CC(C)C)c3)c(C=O)c2c1. The van der Waals surface area contributed by atoms with E-state index in [4.69, 9.17) is 4.74 Å². The van der Waals surface area contributed by atoms with Gasteiger partial charge in [0.25, 0.3) is 0 Å². The maximum Gasteiger partial charge on any atom is 0.152 e. The van der Waals surface area contributed by atoms with Crippen molar-refractivity contribution >= 4 is 17.2 Å². The van der Waals surface area contributed by atoms with Crippen LogP contribution in [-0.4, -0.2) is 28.2 Å². The van der Waals surface area contributed by atoms with Gasteiger partial charge in [-0.05, 0) is 12.0 Å². The molecular weight excluding hydrogens is 297 g/mol. The summed E-state index contributed by atoms with van der Waals surface area (Å²) >= 11 is 0. The first-order chi connectivity index (χ1) is 11.0. The van der Waals surface area contributed by atoms with Crippen LogP contribution in [0.1, 0.15) is 24.2 Å². The first-order valence-corrected chi connectivity index (χ1v) is 7.40. The molecule has 0 bridgehead atoms. The normalized spacial score (nSPS) is 11.3. The number of halogens is 1. The lowest BCUT2D eigenvalue weighted by molar-refractivity contribution is 0.112. The predicted octanol–water partition coefficient (Wildman–Crippen LogP) is 3.65. The fourth-order valence-corrected chi connectivity index (χ4v) is 2.68. The van der Waals surface area contributed by atoms with Gasteiger partial charge in [0, 0.05) is 35.3 Å². The molecule has 1 N–H and O–H groups in total. The van der Waals surface area contributed by atoms with E-state index in [1.807, 2.05) is 10.9 Å². The number of carbonyl (C=O) groups excluding carboxylic acids is 1. The van der Waals surface area contributed by atoms with Crippen LogP contribution >= 0.6 is 0 Å². The van der Waals surface area contributed by atoms with E-state index in [-0.39, 0.29) is 0 Å². The van der Waals surface area contributed by atoms with E-state index in [0.29, 0.717) is 33.8 Å². The van der Waals surface area contributed by atoms with Gasteiger partial charge in [-0.3, -0.25) is 9.48 Å². The summed E-state index contributed by atoms with van der Waals surface area (Å²) in [6.07, 6.45) is 4.26. The zero-order valence-corrected chi connectivity index (χ0v) is 13.3. The molecule has 3 aromatic rings. The zero-order valence-electron chi connectivity index (χ0n) is 13.3. The third kappa shape index (κ3) is 2.72. The summed E-state index contributed by atoms with van der Waals surface area (Å²) in [6, 6.07) is 2.94. The summed E-state index contributed by atoms with van der Waals surface area (Å²) in [5.74, 6) is 0.375. The van der Waals surface area contributed by atoms with Gasteiger partial charge in [-0.25, -0.2) is 4.39 Å². The van der Waals surface area contributed by atoms with E-state index in [9.17, 15) is 9.18 Å². The highest BCUT2D eigenvalue weighted by atomic mass is 19.1. The Kier molecular flexibility index (Phi) is 3.90. The molecule has 0 saturated heterocycles. The Balaban J connectivity index is 2.15. The van der Waals surface area contributed by atoms with Crippen molar-refractivity contribution in [1.82, 2.24) is 14.8 Å². The molecule has 6 heteroatoms. The molecule has 0 saturated carbocycles. The van der Waals surface area contributed by atoms with Gasteiger partial charge in [-0.1, -0.05) is 13.8 Å². The van der Waals surface area contributed by atoms with Crippen molar-refractivity contribution in [2.75, 3.05) is 7.11 Å². The molecule has 0 aliphatic carbocycles. The maximum atomic E-state index is 14.2. The molecule has 0 spiro atoms. The van der Waals surface area contributed by atoms with Crippen LogP contribution in [0, 0.1) is 11.7 Å². The molecule has 0 unspecified atom stereocenters. The van der Waals surface area contributed by atoms with E-state index in [1.165, 1.54) is 13.2 Å². The number of nitrogens with one attached hydrogen (secondary N) is 1. The number of nitrogens with zero attached hydrogens (tertiary/aromatic N) is 2. The number of benzene rings is 1. The van der Waals surface area contributed by atoms with Crippen molar-refractivity contribution in [2.24, 2.45) is 5.92 Å². The van der Waals surface area contributed by atoms with Crippen molar-refractivity contribution in [3.8, 4) is 17.0 Å². The number of hydrogen-bond acceptors (Lipinski definition) is 3. The van der Waals surface area contributed by atoms with Crippen molar-refractivity contribution in [2.45, 2.75) is 20.4 Å². The molecule has 0 aliphatic rings. The number of fused-ring (bicyclic) bond motifs is 1. The van der Waals surface area contributed by atoms with E-state index >= 15 is 0 Å². The predicted molar refractivity (Wildman–Crippen MR) is 86.3 cm³/mol. The summed E-state index contributed by atoms with van der Waals surface area (Å²) in [6.45, 7) is 4.98. The molecule has 0 radical (unpaired) electrons. The van der Waals surface area contributed by atoms with Crippen LogP contribution in [0.25, 0.3) is 22.2 Å². The average molecular weight is 315 g/mol. The number of carbonyl (C=O) groups is 1. The molecule has 3 rings (SSSR count). The summed E-state index contributed by atoms with van der Waals surface area (Å²) < 4.78 is 21.1. The Morgan fingerprint density at radius 3 is 2.87 bits per heavy atom. The van der Waals surface area contributed by atoms with E-state index in [1.54, 1.807) is 12.3 Å². The molecule has 5 nitrogen and oxygen atoms in total. The lowest BCUT2D eigenvalue weighted by Gasteiger charge is -2.03. The highest BCUT2D eigenvalue weighted by Crippen LogP contribution is 2.33. The van der Waals surface area contributed by atoms with Gasteiger partial charge in [0.1, 0.15) is 5.75 Å². The second kappa shape index (κ2) is 5.87. The van der Waals surface area contributed by atoms with Crippen LogP contribution in [0.2, 0.25) is 0 Å². The van der Waals surface area contributed by atoms with Crippen LogP contribution in [0.5, 0.6) is 5.75 Å². The Morgan fingerprint density at radius 1 is 1.43 bits per heavy atom. The number of rotatable bonds is 5. The summed E-state index contributed by atoms with van der Waals surface area (Å²) in [4.78, 5) is 14.6. The monoisotopic (exact) mass is 315 g/mol. The topological polar surface area (TPSA) is 59.9 Å². The first-order valence-electron chi connectivity index (χ1n) is 7.40. The summed E-state index contributed by atoms with van der Waals surface area (Å²) in [5.41, 5.74) is 2.01. The molecule has 2 aromatic heterocycles. The summed E-state index contributed by atoms with van der Waals surface area (Å²) in [5, 5.41) is 4.80. The van der Waals surface area contributed by atoms with Crippen molar-refractivity contribution in [3.05, 3.63) is 35.9 Å². The molecule has 1 aromatic carbocycles. The Labute approximate surface area is 133 Å². The minimum absolute atomic E-state index is 0.291. The van der Waals surface area contributed by atoms with Crippen LogP contribution in [0.3, 0.4) is 0 Å². The van der Waals surface area contributed by atoms with E-state index in [2.05, 4.69) is 23.9 Å². The van der Waals surface area contributed by atoms with Crippen molar-refractivity contribution in [3.63, 3.8) is 0 Å². The Hall–Kier alpha value is -2.63. The Bertz CT molecular complexity index is 864. The van der Waals surface area contributed by atoms with Gasteiger partial charge >= 0.3 is 0 Å². The van der Waals surface area contributed by atoms with Gasteiger partial charge < -0.3 is 9.72 Å². The molecule has 2 heterocycles. The number of aromatic nitrogens is 3. The zero-order chi connectivity index (χ0) is 16.6. The number of ether oxygens (including phenoxy) is 1. The van der Waals surface area contributed by atoms with Gasteiger partial charge in [0.05, 0.1) is 24.5 Å². The van der Waals surface area contributed by atoms with Crippen LogP contribution in [0.15, 0.2) is 24.5 Å². The fraction of sp³-hybridized carbons (Fsp3) is 0.294. The molecule has 0 fully saturated rings. The minimum atomic E-state index is -0.455. The second-order valence-corrected chi connectivity index (χ2v) is 5.91. The molecule has 0 amide bonds. The standard InChI is InChI=1S/C17H18FN3O2/c1-10(2)7-21-8-11(6-19-21)16-14(9-22)13-4-12(23-3)5-15(18)17(13)20-16/h4-6,8-10,20H,7H2,1-3H3. The molecule has 23 heavy (non-hydrogen) atoms. The van der Waals surface area contributed by atoms with Crippen molar-refractivity contribution in [1.29, 1.82) is 0 Å². The molecule has 0 aliphatic heterocycles. The number of aldehydes is 1. The fourth-order valence-electron chi connectivity index (χ4n) is 2.68. The number of aromatic amines is 1. The van der Waals surface area contributed by atoms with Crippen LogP contribution in [0.4, 0.5) is 4.39 Å². The second-order valence-electron chi connectivity index (χ2n) is 5.91. The van der Waals surface area contributed by atoms with Crippen LogP contribution in [-0.2, 0) is 6.54 Å². The number of methoxy groups -OCH3 is 1.